The summed E-state index contributed by atoms with van der Waals surface area (Å²) in [5.41, 5.74) is -1.55. The molecule has 6 heteroatoms. The van der Waals surface area contributed by atoms with Crippen LogP contribution in [-0.2, 0) is 16.3 Å². The number of hydrogen-bond acceptors (Lipinski definition) is 3. The molecule has 4 atom stereocenters. The molecule has 0 aliphatic rings. The molecule has 1 radical (unpaired) electrons. The van der Waals surface area contributed by atoms with Crippen LogP contribution in [0, 0.1) is 0 Å². The zero-order valence-corrected chi connectivity index (χ0v) is 11.2. The van der Waals surface area contributed by atoms with E-state index in [4.69, 9.17) is 5.11 Å². The van der Waals surface area contributed by atoms with Crippen molar-refractivity contribution in [3.05, 3.63) is 35.9 Å². The van der Waals surface area contributed by atoms with Gasteiger partial charge in [0.05, 0.1) is 0 Å². The number of aryl methyl sites for hydroxylation is 1. The summed E-state index contributed by atoms with van der Waals surface area (Å²) in [7, 11) is 0. The Morgan fingerprint density at radius 2 is 1.95 bits per heavy atom. The van der Waals surface area contributed by atoms with Crippen molar-refractivity contribution in [1.29, 1.82) is 0 Å². The fourth-order valence-electron chi connectivity index (χ4n) is 1.58. The molecule has 0 spiro atoms. The van der Waals surface area contributed by atoms with Crippen LogP contribution in [0.25, 0.3) is 0 Å². The zero-order valence-electron chi connectivity index (χ0n) is 11.2. The molecule has 0 saturated heterocycles. The number of benzene rings is 1. The Bertz CT molecular complexity index is 386. The molecule has 0 amide bonds. The molecule has 113 valence electrons. The van der Waals surface area contributed by atoms with Crippen LogP contribution in [-0.4, -0.2) is 41.2 Å². The Labute approximate surface area is 116 Å². The molecule has 0 saturated carbocycles. The smallest absolute Gasteiger partial charge is 0.232 e. The van der Waals surface area contributed by atoms with E-state index in [0.29, 0.717) is 6.42 Å². The Morgan fingerprint density at radius 3 is 2.50 bits per heavy atom. The lowest BCUT2D eigenvalue weighted by Crippen LogP contribution is -2.50. The molecule has 1 aromatic carbocycles. The topological polar surface area (TPSA) is 69.6 Å². The molecule has 1 aromatic rings. The average molecular weight is 289 g/mol. The van der Waals surface area contributed by atoms with Crippen LogP contribution in [0.15, 0.2) is 30.3 Å². The van der Waals surface area contributed by atoms with E-state index in [1.165, 1.54) is 0 Å². The van der Waals surface area contributed by atoms with Gasteiger partial charge in [-0.25, -0.2) is 13.9 Å². The van der Waals surface area contributed by atoms with Crippen LogP contribution in [0.5, 0.6) is 0 Å². The van der Waals surface area contributed by atoms with Crippen molar-refractivity contribution in [3.63, 3.8) is 0 Å². The van der Waals surface area contributed by atoms with E-state index >= 15 is 0 Å². The van der Waals surface area contributed by atoms with Gasteiger partial charge in [0.1, 0.15) is 18.4 Å². The van der Waals surface area contributed by atoms with Gasteiger partial charge in [0.15, 0.2) is 6.29 Å². The Hall–Kier alpha value is -1.08. The first-order valence-corrected chi connectivity index (χ1v) is 6.33. The molecule has 0 aliphatic heterocycles. The predicted octanol–water partition coefficient (Wildman–Crippen LogP) is 1.77. The summed E-state index contributed by atoms with van der Waals surface area (Å²) < 4.78 is 30.3. The molecule has 0 heterocycles. The summed E-state index contributed by atoms with van der Waals surface area (Å²) in [5, 5.41) is 30.2. The van der Waals surface area contributed by atoms with E-state index in [1.807, 2.05) is 30.3 Å². The number of alkyl halides is 2. The van der Waals surface area contributed by atoms with Gasteiger partial charge in [-0.05, 0) is 18.9 Å². The average Bonchev–Trinajstić information content (AvgIpc) is 2.45. The van der Waals surface area contributed by atoms with Gasteiger partial charge in [0.25, 0.3) is 0 Å². The summed E-state index contributed by atoms with van der Waals surface area (Å²) in [6.07, 6.45) is -5.70. The molecule has 0 fully saturated rings. The van der Waals surface area contributed by atoms with Crippen molar-refractivity contribution in [1.82, 2.24) is 0 Å². The van der Waals surface area contributed by atoms with E-state index < -0.39 is 31.0 Å². The molecule has 20 heavy (non-hydrogen) atoms. The van der Waals surface area contributed by atoms with Crippen molar-refractivity contribution in [2.45, 2.75) is 44.1 Å². The Kier molecular flexibility index (Phi) is 6.48. The maximum Gasteiger partial charge on any atom is 0.232 e. The summed E-state index contributed by atoms with van der Waals surface area (Å²) in [6.45, 7) is -0.448. The number of hydrogen-bond donors (Lipinski definition) is 2. The molecule has 4 nitrogen and oxygen atoms in total. The third kappa shape index (κ3) is 4.79. The van der Waals surface area contributed by atoms with Crippen LogP contribution in [0.1, 0.15) is 18.9 Å². The molecule has 0 aromatic heterocycles. The van der Waals surface area contributed by atoms with Crippen LogP contribution >= 0.6 is 0 Å². The second-order valence-corrected chi connectivity index (χ2v) is 4.80. The van der Waals surface area contributed by atoms with Gasteiger partial charge in [0.2, 0.25) is 6.36 Å². The van der Waals surface area contributed by atoms with Gasteiger partial charge in [0, 0.05) is 6.42 Å². The van der Waals surface area contributed by atoms with Gasteiger partial charge in [-0.1, -0.05) is 30.3 Å². The lowest BCUT2D eigenvalue weighted by atomic mass is 10.0. The summed E-state index contributed by atoms with van der Waals surface area (Å²) >= 11 is 0. The number of aliphatic hydroxyl groups excluding tert-OH is 1. The highest BCUT2D eigenvalue weighted by Gasteiger charge is 2.41. The van der Waals surface area contributed by atoms with E-state index in [-0.39, 0.29) is 6.42 Å². The maximum absolute atomic E-state index is 13.6. The minimum Gasteiger partial charge on any atom is -0.387 e. The van der Waals surface area contributed by atoms with E-state index in [2.05, 4.69) is 4.74 Å². The van der Waals surface area contributed by atoms with E-state index in [9.17, 15) is 19.0 Å². The summed E-state index contributed by atoms with van der Waals surface area (Å²) in [4.78, 5) is 0. The fraction of sp³-hybridized carbons (Fsp3) is 0.571. The van der Waals surface area contributed by atoms with E-state index in [1.54, 1.807) is 0 Å². The molecule has 1 rings (SSSR count). The number of rotatable bonds is 8. The molecule has 0 aliphatic carbocycles. The quantitative estimate of drug-likeness (QED) is 0.717. The van der Waals surface area contributed by atoms with E-state index in [0.717, 1.165) is 12.5 Å². The highest BCUT2D eigenvalue weighted by atomic mass is 19.1. The van der Waals surface area contributed by atoms with Crippen molar-refractivity contribution in [3.8, 4) is 0 Å². The normalized spacial score (nSPS) is 19.1. The first-order valence-electron chi connectivity index (χ1n) is 6.33. The van der Waals surface area contributed by atoms with Gasteiger partial charge >= 0.3 is 0 Å². The van der Waals surface area contributed by atoms with Crippen molar-refractivity contribution >= 4 is 0 Å². The first-order chi connectivity index (χ1) is 9.37. The SMILES string of the molecule is CC(O)(C(O)CF)C(F)OC([O])CCc1ccccc1. The Balaban J connectivity index is 2.43. The van der Waals surface area contributed by atoms with Crippen molar-refractivity contribution in [2.24, 2.45) is 0 Å². The van der Waals surface area contributed by atoms with Gasteiger partial charge in [-0.2, -0.15) is 0 Å². The number of aliphatic hydroxyl groups is 2. The van der Waals surface area contributed by atoms with Gasteiger partial charge in [-0.3, -0.25) is 0 Å². The fourth-order valence-corrected chi connectivity index (χ4v) is 1.58. The lowest BCUT2D eigenvalue weighted by Gasteiger charge is -2.31. The first kappa shape index (κ1) is 17.0. The van der Waals surface area contributed by atoms with Gasteiger partial charge in [-0.15, -0.1) is 0 Å². The minimum absolute atomic E-state index is 0.00618. The molecule has 0 bridgehead atoms. The monoisotopic (exact) mass is 289 g/mol. The zero-order chi connectivity index (χ0) is 15.2. The van der Waals surface area contributed by atoms with Gasteiger partial charge < -0.3 is 14.9 Å². The molecular weight excluding hydrogens is 270 g/mol. The number of ether oxygens (including phenoxy) is 1. The van der Waals surface area contributed by atoms with Crippen LogP contribution < -0.4 is 0 Å². The van der Waals surface area contributed by atoms with Crippen molar-refractivity contribution in [2.75, 3.05) is 6.67 Å². The molecular formula is C14H19F2O4. The van der Waals surface area contributed by atoms with Crippen LogP contribution in [0.2, 0.25) is 0 Å². The Morgan fingerprint density at radius 1 is 1.35 bits per heavy atom. The molecule has 2 N–H and O–H groups in total. The second-order valence-electron chi connectivity index (χ2n) is 4.80. The maximum atomic E-state index is 13.6. The minimum atomic E-state index is -2.45. The summed E-state index contributed by atoms with van der Waals surface area (Å²) in [6, 6.07) is 9.11. The largest absolute Gasteiger partial charge is 0.387 e. The van der Waals surface area contributed by atoms with Crippen molar-refractivity contribution < 1.29 is 28.8 Å². The molecule has 4 unspecified atom stereocenters. The predicted molar refractivity (Wildman–Crippen MR) is 67.8 cm³/mol. The highest BCUT2D eigenvalue weighted by Crippen LogP contribution is 2.22. The highest BCUT2D eigenvalue weighted by molar-refractivity contribution is 5.14. The lowest BCUT2D eigenvalue weighted by molar-refractivity contribution is -0.274. The van der Waals surface area contributed by atoms with Crippen LogP contribution in [0.4, 0.5) is 8.78 Å². The third-order valence-corrected chi connectivity index (χ3v) is 3.06. The third-order valence-electron chi connectivity index (χ3n) is 3.06. The standard InChI is InChI=1S/C14H19F2O4/c1-14(19,11(17)9-15)13(16)20-12(18)8-7-10-5-3-2-4-6-10/h2-6,11-13,17,19H,7-9H2,1H3. The van der Waals surface area contributed by atoms with Crippen LogP contribution in [0.3, 0.4) is 0 Å². The number of halogens is 2. The second kappa shape index (κ2) is 7.64. The summed E-state index contributed by atoms with van der Waals surface area (Å²) in [5.74, 6) is 0.